The average molecular weight is 463 g/mol. The Hall–Kier alpha value is -2.45. The van der Waals surface area contributed by atoms with Crippen LogP contribution >= 0.6 is 11.6 Å². The highest BCUT2D eigenvalue weighted by Gasteiger charge is 2.09. The smallest absolute Gasteiger partial charge is 0.307 e. The molecule has 0 bridgehead atoms. The van der Waals surface area contributed by atoms with Gasteiger partial charge in [-0.1, -0.05) is 23.7 Å². The number of methoxy groups -OCH3 is 1. The molecule has 0 aliphatic carbocycles. The van der Waals surface area contributed by atoms with Crippen LogP contribution in [0.1, 0.15) is 17.5 Å². The topological polar surface area (TPSA) is 61.7 Å². The number of esters is 1. The fourth-order valence-electron chi connectivity index (χ4n) is 3.35. The van der Waals surface area contributed by atoms with E-state index in [4.69, 9.17) is 21.1 Å². The molecule has 0 fully saturated rings. The third-order valence-corrected chi connectivity index (χ3v) is 5.25. The Labute approximate surface area is 192 Å². The molecule has 0 saturated carbocycles. The number of ether oxygens (including phenoxy) is 3. The highest BCUT2D eigenvalue weighted by Crippen LogP contribution is 2.23. The third kappa shape index (κ3) is 7.31. The summed E-state index contributed by atoms with van der Waals surface area (Å²) in [6, 6.07) is 12.8. The van der Waals surface area contributed by atoms with Gasteiger partial charge in [-0.05, 0) is 41.5 Å². The molecule has 0 atom stereocenters. The van der Waals surface area contributed by atoms with Gasteiger partial charge in [0.05, 0.1) is 45.5 Å². The molecule has 8 heteroatoms. The number of halogens is 2. The number of hydrogen-bond donors (Lipinski definition) is 1. The van der Waals surface area contributed by atoms with Gasteiger partial charge in [-0.3, -0.25) is 4.79 Å². The average Bonchev–Trinajstić information content (AvgIpc) is 3.18. The van der Waals surface area contributed by atoms with E-state index in [9.17, 15) is 9.18 Å². The van der Waals surface area contributed by atoms with Crippen molar-refractivity contribution in [3.05, 3.63) is 70.6 Å². The summed E-state index contributed by atoms with van der Waals surface area (Å²) in [4.78, 5) is 11.0. The van der Waals surface area contributed by atoms with Gasteiger partial charge in [0.2, 0.25) is 0 Å². The molecular weight excluding hydrogens is 435 g/mol. The second kappa shape index (κ2) is 12.6. The summed E-state index contributed by atoms with van der Waals surface area (Å²) < 4.78 is 31.6. The molecule has 0 radical (unpaired) electrons. The zero-order valence-corrected chi connectivity index (χ0v) is 18.9. The quantitative estimate of drug-likeness (QED) is 0.305. The lowest BCUT2D eigenvalue weighted by molar-refractivity contribution is -0.141. The van der Waals surface area contributed by atoms with Crippen LogP contribution in [0.2, 0.25) is 5.02 Å². The van der Waals surface area contributed by atoms with E-state index in [2.05, 4.69) is 10.1 Å². The van der Waals surface area contributed by atoms with Gasteiger partial charge < -0.3 is 24.1 Å². The molecule has 3 rings (SSSR count). The number of carbonyl (C=O) groups excluding carboxylic acids is 1. The maximum absolute atomic E-state index is 14.3. The van der Waals surface area contributed by atoms with Crippen LogP contribution in [-0.4, -0.2) is 50.6 Å². The first-order valence-corrected chi connectivity index (χ1v) is 10.9. The Morgan fingerprint density at radius 2 is 1.81 bits per heavy atom. The first kappa shape index (κ1) is 24.2. The Morgan fingerprint density at radius 1 is 1.06 bits per heavy atom. The van der Waals surface area contributed by atoms with Crippen LogP contribution in [-0.2, 0) is 32.1 Å². The van der Waals surface area contributed by atoms with Gasteiger partial charge in [0.15, 0.2) is 0 Å². The van der Waals surface area contributed by atoms with Crippen LogP contribution in [0.15, 0.2) is 48.7 Å². The third-order valence-electron chi connectivity index (χ3n) is 4.99. The van der Waals surface area contributed by atoms with Crippen molar-refractivity contribution in [3.63, 3.8) is 0 Å². The molecule has 0 spiro atoms. The predicted octanol–water partition coefficient (Wildman–Crippen LogP) is 4.17. The minimum atomic E-state index is -0.290. The molecule has 6 nitrogen and oxygen atoms in total. The van der Waals surface area contributed by atoms with Crippen LogP contribution in [0.4, 0.5) is 4.39 Å². The zero-order valence-electron chi connectivity index (χ0n) is 18.1. The molecule has 32 heavy (non-hydrogen) atoms. The van der Waals surface area contributed by atoms with E-state index in [1.54, 1.807) is 12.1 Å². The normalized spacial score (nSPS) is 11.2. The van der Waals surface area contributed by atoms with Gasteiger partial charge >= 0.3 is 5.97 Å². The lowest BCUT2D eigenvalue weighted by Gasteiger charge is -2.10. The van der Waals surface area contributed by atoms with Gasteiger partial charge in [0, 0.05) is 36.2 Å². The van der Waals surface area contributed by atoms with Crippen LogP contribution in [0.5, 0.6) is 0 Å². The summed E-state index contributed by atoms with van der Waals surface area (Å²) in [5, 5.41) is 5.01. The molecule has 1 heterocycles. The summed E-state index contributed by atoms with van der Waals surface area (Å²) in [6.07, 6.45) is 2.22. The molecule has 2 aromatic carbocycles. The molecule has 0 unspecified atom stereocenters. The standard InChI is InChI=1S/C24H28ClFN2O4/c1-30-24(29)7-10-31-12-13-32-11-8-27-16-19-14-21(26)15-23-22(19)6-9-28(23)17-18-2-4-20(25)5-3-18/h2-6,9,14-15,27H,7-8,10-13,16-17H2,1H3. The first-order chi connectivity index (χ1) is 15.6. The highest BCUT2D eigenvalue weighted by molar-refractivity contribution is 6.30. The van der Waals surface area contributed by atoms with Crippen molar-refractivity contribution in [1.82, 2.24) is 9.88 Å². The number of nitrogens with one attached hydrogen (secondary N) is 1. The first-order valence-electron chi connectivity index (χ1n) is 10.5. The Bertz CT molecular complexity index is 1010. The molecule has 0 aliphatic heterocycles. The van der Waals surface area contributed by atoms with Crippen molar-refractivity contribution in [2.45, 2.75) is 19.5 Å². The van der Waals surface area contributed by atoms with Crippen molar-refractivity contribution in [3.8, 4) is 0 Å². The fourth-order valence-corrected chi connectivity index (χ4v) is 3.48. The monoisotopic (exact) mass is 462 g/mol. The molecule has 3 aromatic rings. The van der Waals surface area contributed by atoms with E-state index in [0.29, 0.717) is 51.1 Å². The van der Waals surface area contributed by atoms with Gasteiger partial charge in [-0.2, -0.15) is 0 Å². The maximum atomic E-state index is 14.3. The summed E-state index contributed by atoms with van der Waals surface area (Å²) in [7, 11) is 1.35. The fraction of sp³-hybridized carbons (Fsp3) is 0.375. The zero-order chi connectivity index (χ0) is 22.8. The molecule has 0 aliphatic rings. The number of aromatic nitrogens is 1. The Balaban J connectivity index is 1.43. The van der Waals surface area contributed by atoms with E-state index in [1.165, 1.54) is 7.11 Å². The van der Waals surface area contributed by atoms with Gasteiger partial charge in [-0.15, -0.1) is 0 Å². The van der Waals surface area contributed by atoms with Gasteiger partial charge in [-0.25, -0.2) is 4.39 Å². The Morgan fingerprint density at radius 3 is 2.56 bits per heavy atom. The van der Waals surface area contributed by atoms with Gasteiger partial charge in [0.25, 0.3) is 0 Å². The molecule has 1 N–H and O–H groups in total. The number of carbonyl (C=O) groups is 1. The largest absolute Gasteiger partial charge is 0.469 e. The number of fused-ring (bicyclic) bond motifs is 1. The molecular formula is C24H28ClFN2O4. The van der Waals surface area contributed by atoms with E-state index in [0.717, 1.165) is 22.0 Å². The van der Waals surface area contributed by atoms with Crippen molar-refractivity contribution < 1.29 is 23.4 Å². The van der Waals surface area contributed by atoms with Crippen LogP contribution < -0.4 is 5.32 Å². The summed E-state index contributed by atoms with van der Waals surface area (Å²) >= 11 is 5.96. The SMILES string of the molecule is COC(=O)CCOCCOCCNCc1cc(F)cc2c1ccn2Cc1ccc(Cl)cc1. The van der Waals surface area contributed by atoms with Crippen molar-refractivity contribution in [1.29, 1.82) is 0 Å². The number of benzene rings is 2. The minimum absolute atomic E-state index is 0.238. The summed E-state index contributed by atoms with van der Waals surface area (Å²) in [6.45, 7) is 3.51. The Kier molecular flexibility index (Phi) is 9.49. The second-order valence-electron chi connectivity index (χ2n) is 7.30. The molecule has 172 valence electrons. The van der Waals surface area contributed by atoms with Gasteiger partial charge in [0.1, 0.15) is 5.82 Å². The lowest BCUT2D eigenvalue weighted by Crippen LogP contribution is -2.20. The molecule has 1 aromatic heterocycles. The minimum Gasteiger partial charge on any atom is -0.469 e. The molecule has 0 amide bonds. The lowest BCUT2D eigenvalue weighted by atomic mass is 10.1. The number of rotatable bonds is 13. The number of nitrogens with zero attached hydrogens (tertiary/aromatic N) is 1. The van der Waals surface area contributed by atoms with Crippen LogP contribution in [0.25, 0.3) is 10.9 Å². The molecule has 0 saturated heterocycles. The predicted molar refractivity (Wildman–Crippen MR) is 122 cm³/mol. The van der Waals surface area contributed by atoms with Crippen molar-refractivity contribution >= 4 is 28.5 Å². The van der Waals surface area contributed by atoms with E-state index >= 15 is 0 Å². The van der Waals surface area contributed by atoms with E-state index in [-0.39, 0.29) is 18.2 Å². The van der Waals surface area contributed by atoms with Crippen molar-refractivity contribution in [2.75, 3.05) is 40.1 Å². The highest BCUT2D eigenvalue weighted by atomic mass is 35.5. The van der Waals surface area contributed by atoms with E-state index in [1.807, 2.05) is 41.1 Å². The maximum Gasteiger partial charge on any atom is 0.307 e. The second-order valence-corrected chi connectivity index (χ2v) is 7.73. The number of hydrogen-bond acceptors (Lipinski definition) is 5. The van der Waals surface area contributed by atoms with Crippen molar-refractivity contribution in [2.24, 2.45) is 0 Å². The van der Waals surface area contributed by atoms with E-state index < -0.39 is 0 Å². The van der Waals surface area contributed by atoms with Crippen LogP contribution in [0, 0.1) is 5.82 Å². The van der Waals surface area contributed by atoms with Crippen LogP contribution in [0.3, 0.4) is 0 Å². The summed E-state index contributed by atoms with van der Waals surface area (Å²) in [5.41, 5.74) is 2.86. The summed E-state index contributed by atoms with van der Waals surface area (Å²) in [5.74, 6) is -0.549.